The Morgan fingerprint density at radius 1 is 1.53 bits per heavy atom. The van der Waals surface area contributed by atoms with E-state index in [1.54, 1.807) is 7.11 Å². The van der Waals surface area contributed by atoms with Crippen LogP contribution in [0, 0.1) is 0 Å². The number of hydrogen-bond acceptors (Lipinski definition) is 4. The van der Waals surface area contributed by atoms with Crippen molar-refractivity contribution >= 4 is 5.97 Å². The van der Waals surface area contributed by atoms with Crippen LogP contribution in [0.25, 0.3) is 0 Å². The number of ether oxygens (including phenoxy) is 1. The second kappa shape index (κ2) is 7.11. The Bertz CT molecular complexity index is 435. The Balaban J connectivity index is 2.77. The summed E-state index contributed by atoms with van der Waals surface area (Å²) in [7, 11) is 3.48. The molecule has 0 aromatic heterocycles. The monoisotopic (exact) mass is 266 g/mol. The van der Waals surface area contributed by atoms with E-state index in [4.69, 9.17) is 15.6 Å². The number of carboxylic acid groups (broad SMARTS) is 1. The molecule has 106 valence electrons. The molecule has 0 aliphatic heterocycles. The van der Waals surface area contributed by atoms with Gasteiger partial charge in [-0.05, 0) is 25.1 Å². The molecule has 0 heterocycles. The predicted molar refractivity (Wildman–Crippen MR) is 74.3 cm³/mol. The van der Waals surface area contributed by atoms with Crippen molar-refractivity contribution in [3.63, 3.8) is 0 Å². The van der Waals surface area contributed by atoms with Crippen LogP contribution >= 0.6 is 0 Å². The van der Waals surface area contributed by atoms with Crippen molar-refractivity contribution in [2.45, 2.75) is 25.9 Å². The Hall–Kier alpha value is -1.59. The second-order valence-corrected chi connectivity index (χ2v) is 4.64. The summed E-state index contributed by atoms with van der Waals surface area (Å²) in [6, 6.07) is 5.19. The minimum atomic E-state index is -0.985. The molecule has 5 nitrogen and oxygen atoms in total. The lowest BCUT2D eigenvalue weighted by molar-refractivity contribution is -0.138. The molecule has 1 aromatic carbocycles. The maximum Gasteiger partial charge on any atom is 0.321 e. The summed E-state index contributed by atoms with van der Waals surface area (Å²) in [5, 5.41) is 8.80. The minimum absolute atomic E-state index is 0.300. The summed E-state index contributed by atoms with van der Waals surface area (Å²) in [6.45, 7) is 3.00. The zero-order valence-corrected chi connectivity index (χ0v) is 11.7. The van der Waals surface area contributed by atoms with Crippen LogP contribution in [0.15, 0.2) is 18.2 Å². The molecule has 5 heteroatoms. The molecule has 1 rings (SSSR count). The summed E-state index contributed by atoms with van der Waals surface area (Å²) in [5.41, 5.74) is 7.80. The summed E-state index contributed by atoms with van der Waals surface area (Å²) in [5.74, 6) is -0.172. The SMILES string of the molecule is CCc1ccc(OC)c(CN(C)CC(N)C(=O)O)c1. The topological polar surface area (TPSA) is 75.8 Å². The molecule has 0 saturated heterocycles. The molecule has 0 aliphatic carbocycles. The third-order valence-corrected chi connectivity index (χ3v) is 3.02. The molecule has 3 N–H and O–H groups in total. The predicted octanol–water partition coefficient (Wildman–Crippen LogP) is 1.10. The molecular weight excluding hydrogens is 244 g/mol. The minimum Gasteiger partial charge on any atom is -0.496 e. The molecule has 0 fully saturated rings. The van der Waals surface area contributed by atoms with Gasteiger partial charge >= 0.3 is 5.97 Å². The quantitative estimate of drug-likeness (QED) is 0.773. The first-order chi connectivity index (χ1) is 8.97. The third kappa shape index (κ3) is 4.54. The lowest BCUT2D eigenvalue weighted by atomic mass is 10.1. The highest BCUT2D eigenvalue weighted by atomic mass is 16.5. The van der Waals surface area contributed by atoms with E-state index in [0.29, 0.717) is 13.1 Å². The summed E-state index contributed by atoms with van der Waals surface area (Å²) in [6.07, 6.45) is 0.954. The highest BCUT2D eigenvalue weighted by Crippen LogP contribution is 2.21. The molecule has 0 spiro atoms. The van der Waals surface area contributed by atoms with Gasteiger partial charge in [-0.2, -0.15) is 0 Å². The number of carboxylic acids is 1. The van der Waals surface area contributed by atoms with Gasteiger partial charge in [0.15, 0.2) is 0 Å². The number of nitrogens with two attached hydrogens (primary N) is 1. The van der Waals surface area contributed by atoms with Gasteiger partial charge in [-0.15, -0.1) is 0 Å². The van der Waals surface area contributed by atoms with E-state index in [2.05, 4.69) is 13.0 Å². The first-order valence-corrected chi connectivity index (χ1v) is 6.30. The normalized spacial score (nSPS) is 12.5. The molecule has 0 amide bonds. The fraction of sp³-hybridized carbons (Fsp3) is 0.500. The van der Waals surface area contributed by atoms with Gasteiger partial charge in [-0.3, -0.25) is 9.69 Å². The fourth-order valence-electron chi connectivity index (χ4n) is 1.94. The number of nitrogens with zero attached hydrogens (tertiary/aromatic N) is 1. The van der Waals surface area contributed by atoms with Crippen LogP contribution in [-0.4, -0.2) is 42.7 Å². The summed E-state index contributed by atoms with van der Waals surface area (Å²) in [4.78, 5) is 12.6. The van der Waals surface area contributed by atoms with E-state index in [1.807, 2.05) is 24.1 Å². The number of benzene rings is 1. The Labute approximate surface area is 114 Å². The van der Waals surface area contributed by atoms with Crippen molar-refractivity contribution in [3.05, 3.63) is 29.3 Å². The van der Waals surface area contributed by atoms with E-state index in [-0.39, 0.29) is 0 Å². The maximum atomic E-state index is 10.7. The van der Waals surface area contributed by atoms with Crippen LogP contribution in [-0.2, 0) is 17.8 Å². The number of rotatable bonds is 7. The third-order valence-electron chi connectivity index (χ3n) is 3.02. The molecule has 0 bridgehead atoms. The highest BCUT2D eigenvalue weighted by Gasteiger charge is 2.15. The van der Waals surface area contributed by atoms with Crippen molar-refractivity contribution < 1.29 is 14.6 Å². The lowest BCUT2D eigenvalue weighted by Gasteiger charge is -2.20. The fourth-order valence-corrected chi connectivity index (χ4v) is 1.94. The second-order valence-electron chi connectivity index (χ2n) is 4.64. The molecule has 0 saturated carbocycles. The number of methoxy groups -OCH3 is 1. The van der Waals surface area contributed by atoms with Crippen molar-refractivity contribution in [3.8, 4) is 5.75 Å². The number of aryl methyl sites for hydroxylation is 1. The number of carbonyl (C=O) groups is 1. The molecule has 0 aliphatic rings. The molecular formula is C14H22N2O3. The summed E-state index contributed by atoms with van der Waals surface area (Å²) >= 11 is 0. The number of likely N-dealkylation sites (N-methyl/N-ethyl adjacent to an activating group) is 1. The standard InChI is InChI=1S/C14H22N2O3/c1-4-10-5-6-13(19-3)11(7-10)8-16(2)9-12(15)14(17)18/h5-7,12H,4,8-9,15H2,1-3H3,(H,17,18). The van der Waals surface area contributed by atoms with Gasteiger partial charge in [0.2, 0.25) is 0 Å². The average Bonchev–Trinajstić information content (AvgIpc) is 2.38. The molecule has 1 unspecified atom stereocenters. The van der Waals surface area contributed by atoms with Crippen molar-refractivity contribution in [2.75, 3.05) is 20.7 Å². The van der Waals surface area contributed by atoms with Gasteiger partial charge < -0.3 is 15.6 Å². The first-order valence-electron chi connectivity index (χ1n) is 6.30. The van der Waals surface area contributed by atoms with Crippen LogP contribution < -0.4 is 10.5 Å². The zero-order valence-electron chi connectivity index (χ0n) is 11.7. The number of hydrogen-bond donors (Lipinski definition) is 2. The first kappa shape index (κ1) is 15.5. The largest absolute Gasteiger partial charge is 0.496 e. The Morgan fingerprint density at radius 3 is 2.74 bits per heavy atom. The highest BCUT2D eigenvalue weighted by molar-refractivity contribution is 5.73. The lowest BCUT2D eigenvalue weighted by Crippen LogP contribution is -2.40. The van der Waals surface area contributed by atoms with Crippen LogP contribution in [0.1, 0.15) is 18.1 Å². The van der Waals surface area contributed by atoms with Gasteiger partial charge in [-0.25, -0.2) is 0 Å². The molecule has 19 heavy (non-hydrogen) atoms. The molecule has 0 radical (unpaired) electrons. The van der Waals surface area contributed by atoms with Gasteiger partial charge in [0.1, 0.15) is 11.8 Å². The van der Waals surface area contributed by atoms with Gasteiger partial charge in [0.25, 0.3) is 0 Å². The van der Waals surface area contributed by atoms with Crippen LogP contribution in [0.2, 0.25) is 0 Å². The average molecular weight is 266 g/mol. The van der Waals surface area contributed by atoms with Gasteiger partial charge in [0, 0.05) is 18.7 Å². The molecule has 1 atom stereocenters. The van der Waals surface area contributed by atoms with Gasteiger partial charge in [0.05, 0.1) is 7.11 Å². The van der Waals surface area contributed by atoms with E-state index in [1.165, 1.54) is 5.56 Å². The van der Waals surface area contributed by atoms with E-state index in [9.17, 15) is 4.79 Å². The van der Waals surface area contributed by atoms with Crippen LogP contribution in [0.3, 0.4) is 0 Å². The Kier molecular flexibility index (Phi) is 5.79. The zero-order chi connectivity index (χ0) is 14.4. The van der Waals surface area contributed by atoms with Gasteiger partial charge in [-0.1, -0.05) is 19.1 Å². The smallest absolute Gasteiger partial charge is 0.321 e. The van der Waals surface area contributed by atoms with Crippen LogP contribution in [0.4, 0.5) is 0 Å². The van der Waals surface area contributed by atoms with E-state index >= 15 is 0 Å². The van der Waals surface area contributed by atoms with Crippen LogP contribution in [0.5, 0.6) is 5.75 Å². The maximum absolute atomic E-state index is 10.7. The number of aliphatic carboxylic acids is 1. The van der Waals surface area contributed by atoms with Crippen molar-refractivity contribution in [2.24, 2.45) is 5.73 Å². The Morgan fingerprint density at radius 2 is 2.21 bits per heavy atom. The van der Waals surface area contributed by atoms with Crippen molar-refractivity contribution in [1.82, 2.24) is 4.90 Å². The summed E-state index contributed by atoms with van der Waals surface area (Å²) < 4.78 is 5.32. The van der Waals surface area contributed by atoms with Crippen molar-refractivity contribution in [1.29, 1.82) is 0 Å². The molecule has 1 aromatic rings. The van der Waals surface area contributed by atoms with E-state index < -0.39 is 12.0 Å². The van der Waals surface area contributed by atoms with E-state index in [0.717, 1.165) is 17.7 Å².